The second kappa shape index (κ2) is 3.62. The van der Waals surface area contributed by atoms with Gasteiger partial charge in [-0.1, -0.05) is 11.3 Å². The molecule has 1 rings (SSSR count). The van der Waals surface area contributed by atoms with Gasteiger partial charge in [-0.2, -0.15) is 13.2 Å². The predicted octanol–water partition coefficient (Wildman–Crippen LogP) is 2.56. The van der Waals surface area contributed by atoms with Crippen LogP contribution in [-0.4, -0.2) is 22.4 Å². The molecule has 0 saturated carbocycles. The Kier molecular flexibility index (Phi) is 2.91. The van der Waals surface area contributed by atoms with Crippen LogP contribution in [0.1, 0.15) is 6.92 Å². The molecule has 1 aromatic heterocycles. The fourth-order valence-electron chi connectivity index (χ4n) is 0.559. The first-order valence-electron chi connectivity index (χ1n) is 3.28. The average Bonchev–Trinajstić information content (AvgIpc) is 2.33. The third-order valence-corrected chi connectivity index (χ3v) is 2.29. The Balaban J connectivity index is 2.65. The minimum atomic E-state index is -4.27. The van der Waals surface area contributed by atoms with E-state index < -0.39 is 12.2 Å². The van der Waals surface area contributed by atoms with Crippen LogP contribution in [-0.2, 0) is 0 Å². The molecule has 8 heteroatoms. The molecular formula is C5H6F3N3S2. The number of H-pyrrole nitrogens is 1. The topological polar surface area (TPSA) is 40.7 Å². The molecule has 0 amide bonds. The SMILES string of the molecule is CC(Nc1n[nH]c(=S)s1)C(F)(F)F. The van der Waals surface area contributed by atoms with E-state index in [9.17, 15) is 13.2 Å². The maximum Gasteiger partial charge on any atom is 0.408 e. The number of anilines is 1. The van der Waals surface area contributed by atoms with Crippen LogP contribution in [0.25, 0.3) is 0 Å². The summed E-state index contributed by atoms with van der Waals surface area (Å²) in [5.74, 6) is 0. The molecular weight excluding hydrogens is 223 g/mol. The Labute approximate surface area is 81.0 Å². The van der Waals surface area contributed by atoms with E-state index in [0.717, 1.165) is 18.3 Å². The van der Waals surface area contributed by atoms with Gasteiger partial charge in [-0.05, 0) is 19.1 Å². The number of aromatic nitrogens is 2. The van der Waals surface area contributed by atoms with Crippen molar-refractivity contribution in [1.82, 2.24) is 10.2 Å². The highest BCUT2D eigenvalue weighted by Gasteiger charge is 2.36. The molecule has 74 valence electrons. The Bertz CT molecular complexity index is 328. The van der Waals surface area contributed by atoms with Crippen molar-refractivity contribution in [1.29, 1.82) is 0 Å². The van der Waals surface area contributed by atoms with E-state index in [1.165, 1.54) is 0 Å². The zero-order valence-corrected chi connectivity index (χ0v) is 8.11. The number of hydrogen-bond donors (Lipinski definition) is 2. The van der Waals surface area contributed by atoms with Gasteiger partial charge in [0.1, 0.15) is 6.04 Å². The van der Waals surface area contributed by atoms with E-state index in [-0.39, 0.29) is 5.13 Å². The van der Waals surface area contributed by atoms with Gasteiger partial charge >= 0.3 is 6.18 Å². The molecule has 1 aromatic rings. The van der Waals surface area contributed by atoms with Crippen molar-refractivity contribution >= 4 is 28.7 Å². The van der Waals surface area contributed by atoms with E-state index >= 15 is 0 Å². The number of nitrogens with zero attached hydrogens (tertiary/aromatic N) is 1. The number of rotatable bonds is 2. The highest BCUT2D eigenvalue weighted by atomic mass is 32.1. The summed E-state index contributed by atoms with van der Waals surface area (Å²) < 4.78 is 36.4. The Morgan fingerprint density at radius 3 is 2.62 bits per heavy atom. The predicted molar refractivity (Wildman–Crippen MR) is 46.4 cm³/mol. The molecule has 0 radical (unpaired) electrons. The zero-order valence-electron chi connectivity index (χ0n) is 6.47. The van der Waals surface area contributed by atoms with Gasteiger partial charge in [-0.3, -0.25) is 5.10 Å². The van der Waals surface area contributed by atoms with Gasteiger partial charge in [-0.15, -0.1) is 5.10 Å². The van der Waals surface area contributed by atoms with E-state index in [0.29, 0.717) is 3.95 Å². The quantitative estimate of drug-likeness (QED) is 0.766. The van der Waals surface area contributed by atoms with E-state index in [2.05, 4.69) is 27.7 Å². The summed E-state index contributed by atoms with van der Waals surface area (Å²) in [4.78, 5) is 0. The lowest BCUT2D eigenvalue weighted by Gasteiger charge is -2.15. The summed E-state index contributed by atoms with van der Waals surface area (Å²) in [7, 11) is 0. The second-order valence-corrected chi connectivity index (χ2v) is 3.99. The zero-order chi connectivity index (χ0) is 10.1. The van der Waals surface area contributed by atoms with Crippen LogP contribution in [0.4, 0.5) is 18.3 Å². The molecule has 0 aliphatic carbocycles. The first-order valence-corrected chi connectivity index (χ1v) is 4.51. The summed E-state index contributed by atoms with van der Waals surface area (Å²) in [5.41, 5.74) is 0. The van der Waals surface area contributed by atoms with Gasteiger partial charge in [0.05, 0.1) is 0 Å². The van der Waals surface area contributed by atoms with Crippen LogP contribution in [0.5, 0.6) is 0 Å². The first-order chi connectivity index (χ1) is 5.89. The van der Waals surface area contributed by atoms with Gasteiger partial charge in [0.15, 0.2) is 3.95 Å². The minimum Gasteiger partial charge on any atom is -0.349 e. The largest absolute Gasteiger partial charge is 0.408 e. The lowest BCUT2D eigenvalue weighted by atomic mass is 10.3. The highest BCUT2D eigenvalue weighted by molar-refractivity contribution is 7.73. The smallest absolute Gasteiger partial charge is 0.349 e. The molecule has 0 fully saturated rings. The van der Waals surface area contributed by atoms with Crippen molar-refractivity contribution < 1.29 is 13.2 Å². The molecule has 1 unspecified atom stereocenters. The number of aromatic amines is 1. The van der Waals surface area contributed by atoms with E-state index in [1.807, 2.05) is 0 Å². The molecule has 0 aromatic carbocycles. The highest BCUT2D eigenvalue weighted by Crippen LogP contribution is 2.23. The fourth-order valence-corrected chi connectivity index (χ4v) is 1.43. The molecule has 0 aliphatic heterocycles. The molecule has 3 nitrogen and oxygen atoms in total. The molecule has 0 spiro atoms. The summed E-state index contributed by atoms with van der Waals surface area (Å²) in [6.07, 6.45) is -4.27. The number of alkyl halides is 3. The van der Waals surface area contributed by atoms with Crippen LogP contribution in [0, 0.1) is 3.95 Å². The monoisotopic (exact) mass is 229 g/mol. The van der Waals surface area contributed by atoms with Crippen molar-refractivity contribution in [2.75, 3.05) is 5.32 Å². The third-order valence-electron chi connectivity index (χ3n) is 1.27. The number of halogens is 3. The van der Waals surface area contributed by atoms with Crippen LogP contribution in [0.3, 0.4) is 0 Å². The Morgan fingerprint density at radius 1 is 1.62 bits per heavy atom. The van der Waals surface area contributed by atoms with Gasteiger partial charge in [0, 0.05) is 0 Å². The van der Waals surface area contributed by atoms with Crippen LogP contribution in [0.2, 0.25) is 0 Å². The van der Waals surface area contributed by atoms with E-state index in [4.69, 9.17) is 0 Å². The van der Waals surface area contributed by atoms with Gasteiger partial charge < -0.3 is 5.32 Å². The maximum atomic E-state index is 12.0. The lowest BCUT2D eigenvalue weighted by Crippen LogP contribution is -2.32. The summed E-state index contributed by atoms with van der Waals surface area (Å²) in [6.45, 7) is 1.02. The summed E-state index contributed by atoms with van der Waals surface area (Å²) >= 11 is 5.63. The normalized spacial score (nSPS) is 14.2. The molecule has 0 saturated heterocycles. The average molecular weight is 229 g/mol. The number of nitrogens with one attached hydrogen (secondary N) is 2. The fraction of sp³-hybridized carbons (Fsp3) is 0.600. The van der Waals surface area contributed by atoms with Gasteiger partial charge in [0.2, 0.25) is 5.13 Å². The minimum absolute atomic E-state index is 0.148. The van der Waals surface area contributed by atoms with Crippen molar-refractivity contribution in [3.63, 3.8) is 0 Å². The third kappa shape index (κ3) is 2.96. The Morgan fingerprint density at radius 2 is 2.23 bits per heavy atom. The van der Waals surface area contributed by atoms with Crippen LogP contribution < -0.4 is 5.32 Å². The van der Waals surface area contributed by atoms with E-state index in [1.54, 1.807) is 0 Å². The van der Waals surface area contributed by atoms with Crippen molar-refractivity contribution in [2.45, 2.75) is 19.1 Å². The molecule has 13 heavy (non-hydrogen) atoms. The molecule has 0 bridgehead atoms. The standard InChI is InChI=1S/C5H6F3N3S2/c1-2(5(6,7)8)9-3-10-11-4(12)13-3/h2H,1H3,(H,9,10)(H,11,12). The second-order valence-electron chi connectivity index (χ2n) is 2.33. The van der Waals surface area contributed by atoms with Crippen molar-refractivity contribution in [2.24, 2.45) is 0 Å². The van der Waals surface area contributed by atoms with Crippen LogP contribution >= 0.6 is 23.6 Å². The molecule has 2 N–H and O–H groups in total. The summed E-state index contributed by atoms with van der Waals surface area (Å²) in [5, 5.41) is 8.26. The molecule has 1 atom stereocenters. The van der Waals surface area contributed by atoms with Gasteiger partial charge in [-0.25, -0.2) is 0 Å². The van der Waals surface area contributed by atoms with Crippen molar-refractivity contribution in [3.05, 3.63) is 3.95 Å². The maximum absolute atomic E-state index is 12.0. The van der Waals surface area contributed by atoms with Gasteiger partial charge in [0.25, 0.3) is 0 Å². The first kappa shape index (κ1) is 10.5. The van der Waals surface area contributed by atoms with Crippen molar-refractivity contribution in [3.8, 4) is 0 Å². The molecule has 0 aliphatic rings. The Hall–Kier alpha value is -0.630. The number of hydrogen-bond acceptors (Lipinski definition) is 4. The molecule has 1 heterocycles. The lowest BCUT2D eigenvalue weighted by molar-refractivity contribution is -0.138. The van der Waals surface area contributed by atoms with Crippen LogP contribution in [0.15, 0.2) is 0 Å². The summed E-state index contributed by atoms with van der Waals surface area (Å²) in [6, 6.07) is -1.62.